The Balaban J connectivity index is 2.69. The Labute approximate surface area is 112 Å². The predicted molar refractivity (Wildman–Crippen MR) is 74.5 cm³/mol. The van der Waals surface area contributed by atoms with Crippen molar-refractivity contribution >= 4 is 5.69 Å². The van der Waals surface area contributed by atoms with Gasteiger partial charge in [-0.25, -0.2) is 9.97 Å². The van der Waals surface area contributed by atoms with Crippen LogP contribution in [0.3, 0.4) is 0 Å². The summed E-state index contributed by atoms with van der Waals surface area (Å²) in [7, 11) is 3.25. The average molecular weight is 259 g/mol. The van der Waals surface area contributed by atoms with E-state index < -0.39 is 0 Å². The van der Waals surface area contributed by atoms with Crippen molar-refractivity contribution in [2.45, 2.75) is 13.8 Å². The molecule has 0 saturated heterocycles. The standard InChI is InChI=1S/C14H17N3O2/c1-8-11(18-3)6-5-10(14(8)19-4)13-12(15)9(2)16-7-17-13/h5-7H,15H2,1-4H3. The van der Waals surface area contributed by atoms with Gasteiger partial charge >= 0.3 is 0 Å². The highest BCUT2D eigenvalue weighted by Gasteiger charge is 2.16. The van der Waals surface area contributed by atoms with Crippen molar-refractivity contribution in [2.24, 2.45) is 0 Å². The minimum Gasteiger partial charge on any atom is -0.496 e. The van der Waals surface area contributed by atoms with Crippen molar-refractivity contribution in [1.29, 1.82) is 0 Å². The quantitative estimate of drug-likeness (QED) is 0.916. The monoisotopic (exact) mass is 259 g/mol. The zero-order valence-corrected chi connectivity index (χ0v) is 11.5. The highest BCUT2D eigenvalue weighted by molar-refractivity contribution is 5.80. The van der Waals surface area contributed by atoms with Crippen LogP contribution in [0.2, 0.25) is 0 Å². The molecule has 0 radical (unpaired) electrons. The van der Waals surface area contributed by atoms with Gasteiger partial charge in [-0.2, -0.15) is 0 Å². The third kappa shape index (κ3) is 2.19. The predicted octanol–water partition coefficient (Wildman–Crippen LogP) is 2.36. The molecule has 5 nitrogen and oxygen atoms in total. The second kappa shape index (κ2) is 5.14. The molecule has 100 valence electrons. The Morgan fingerprint density at radius 3 is 2.42 bits per heavy atom. The van der Waals surface area contributed by atoms with Crippen molar-refractivity contribution in [2.75, 3.05) is 20.0 Å². The van der Waals surface area contributed by atoms with Crippen LogP contribution >= 0.6 is 0 Å². The van der Waals surface area contributed by atoms with Crippen molar-refractivity contribution in [3.8, 4) is 22.8 Å². The van der Waals surface area contributed by atoms with Gasteiger partial charge in [-0.3, -0.25) is 0 Å². The first-order valence-electron chi connectivity index (χ1n) is 5.89. The molecule has 0 aliphatic heterocycles. The van der Waals surface area contributed by atoms with Crippen molar-refractivity contribution in [1.82, 2.24) is 9.97 Å². The summed E-state index contributed by atoms with van der Waals surface area (Å²) >= 11 is 0. The van der Waals surface area contributed by atoms with E-state index in [0.29, 0.717) is 17.1 Å². The number of aryl methyl sites for hydroxylation is 1. The lowest BCUT2D eigenvalue weighted by molar-refractivity contribution is 0.390. The third-order valence-corrected chi connectivity index (χ3v) is 3.12. The molecular weight excluding hydrogens is 242 g/mol. The van der Waals surface area contributed by atoms with E-state index in [4.69, 9.17) is 15.2 Å². The zero-order valence-electron chi connectivity index (χ0n) is 11.5. The van der Waals surface area contributed by atoms with E-state index in [0.717, 1.165) is 22.6 Å². The van der Waals surface area contributed by atoms with Gasteiger partial charge < -0.3 is 15.2 Å². The summed E-state index contributed by atoms with van der Waals surface area (Å²) in [4.78, 5) is 8.33. The van der Waals surface area contributed by atoms with Crippen LogP contribution in [-0.2, 0) is 0 Å². The number of hydrogen-bond acceptors (Lipinski definition) is 5. The summed E-state index contributed by atoms with van der Waals surface area (Å²) in [5.41, 5.74) is 9.79. The van der Waals surface area contributed by atoms with Crippen molar-refractivity contribution in [3.63, 3.8) is 0 Å². The second-order valence-electron chi connectivity index (χ2n) is 4.19. The molecule has 0 amide bonds. The van der Waals surface area contributed by atoms with E-state index in [1.165, 1.54) is 6.33 Å². The lowest BCUT2D eigenvalue weighted by atomic mass is 10.0. The topological polar surface area (TPSA) is 70.3 Å². The summed E-state index contributed by atoms with van der Waals surface area (Å²) < 4.78 is 10.8. The zero-order chi connectivity index (χ0) is 14.0. The van der Waals surface area contributed by atoms with Gasteiger partial charge in [-0.1, -0.05) is 0 Å². The van der Waals surface area contributed by atoms with Crippen LogP contribution in [0.25, 0.3) is 11.3 Å². The number of nitrogens with two attached hydrogens (primary N) is 1. The molecule has 0 aliphatic rings. The molecule has 2 rings (SSSR count). The summed E-state index contributed by atoms with van der Waals surface area (Å²) in [6, 6.07) is 3.77. The Bertz CT molecular complexity index is 612. The fourth-order valence-corrected chi connectivity index (χ4v) is 2.04. The number of anilines is 1. The van der Waals surface area contributed by atoms with E-state index in [9.17, 15) is 0 Å². The van der Waals surface area contributed by atoms with E-state index >= 15 is 0 Å². The van der Waals surface area contributed by atoms with Crippen LogP contribution in [0, 0.1) is 13.8 Å². The van der Waals surface area contributed by atoms with E-state index in [1.807, 2.05) is 26.0 Å². The SMILES string of the molecule is COc1ccc(-c2ncnc(C)c2N)c(OC)c1C. The molecule has 0 atom stereocenters. The van der Waals surface area contributed by atoms with Gasteiger partial charge in [-0.15, -0.1) is 0 Å². The summed E-state index contributed by atoms with van der Waals surface area (Å²) in [6.07, 6.45) is 1.50. The van der Waals surface area contributed by atoms with E-state index in [1.54, 1.807) is 14.2 Å². The first-order valence-corrected chi connectivity index (χ1v) is 5.89. The Kier molecular flexibility index (Phi) is 3.55. The number of methoxy groups -OCH3 is 2. The lowest BCUT2D eigenvalue weighted by Crippen LogP contribution is -2.01. The Morgan fingerprint density at radius 2 is 1.79 bits per heavy atom. The maximum atomic E-state index is 6.05. The molecule has 2 N–H and O–H groups in total. The Morgan fingerprint density at radius 1 is 1.05 bits per heavy atom. The van der Waals surface area contributed by atoms with Crippen molar-refractivity contribution in [3.05, 3.63) is 29.7 Å². The first kappa shape index (κ1) is 13.1. The van der Waals surface area contributed by atoms with Gasteiger partial charge in [0, 0.05) is 11.1 Å². The van der Waals surface area contributed by atoms with Crippen LogP contribution in [0.15, 0.2) is 18.5 Å². The minimum absolute atomic E-state index is 0.561. The van der Waals surface area contributed by atoms with E-state index in [2.05, 4.69) is 9.97 Å². The van der Waals surface area contributed by atoms with Gasteiger partial charge in [-0.05, 0) is 26.0 Å². The van der Waals surface area contributed by atoms with E-state index in [-0.39, 0.29) is 0 Å². The van der Waals surface area contributed by atoms with Gasteiger partial charge in [0.25, 0.3) is 0 Å². The highest BCUT2D eigenvalue weighted by atomic mass is 16.5. The summed E-state index contributed by atoms with van der Waals surface area (Å²) in [6.45, 7) is 3.79. The lowest BCUT2D eigenvalue weighted by Gasteiger charge is -2.15. The second-order valence-corrected chi connectivity index (χ2v) is 4.19. The molecule has 0 fully saturated rings. The molecule has 0 aliphatic carbocycles. The summed E-state index contributed by atoms with van der Waals surface area (Å²) in [5, 5.41) is 0. The third-order valence-electron chi connectivity index (χ3n) is 3.12. The van der Waals surface area contributed by atoms with Crippen LogP contribution in [-0.4, -0.2) is 24.2 Å². The van der Waals surface area contributed by atoms with Crippen molar-refractivity contribution < 1.29 is 9.47 Å². The number of nitrogen functional groups attached to an aromatic ring is 1. The average Bonchev–Trinajstić information content (AvgIpc) is 2.41. The molecule has 2 aromatic rings. The number of benzene rings is 1. The highest BCUT2D eigenvalue weighted by Crippen LogP contribution is 2.39. The maximum Gasteiger partial charge on any atom is 0.134 e. The van der Waals surface area contributed by atoms with Gasteiger partial charge in [0.15, 0.2) is 0 Å². The molecule has 0 saturated carbocycles. The first-order chi connectivity index (χ1) is 9.10. The maximum absolute atomic E-state index is 6.05. The molecule has 1 heterocycles. The molecule has 0 unspecified atom stereocenters. The number of hydrogen-bond donors (Lipinski definition) is 1. The fourth-order valence-electron chi connectivity index (χ4n) is 2.04. The number of nitrogens with zero attached hydrogens (tertiary/aromatic N) is 2. The number of ether oxygens (including phenoxy) is 2. The van der Waals surface area contributed by atoms with Gasteiger partial charge in [0.05, 0.1) is 25.6 Å². The molecule has 0 spiro atoms. The number of aromatic nitrogens is 2. The molecule has 0 bridgehead atoms. The van der Waals surface area contributed by atoms with Crippen LogP contribution in [0.1, 0.15) is 11.3 Å². The van der Waals surface area contributed by atoms with Crippen LogP contribution in [0.5, 0.6) is 11.5 Å². The largest absolute Gasteiger partial charge is 0.496 e. The Hall–Kier alpha value is -2.30. The minimum atomic E-state index is 0.561. The summed E-state index contributed by atoms with van der Waals surface area (Å²) in [5.74, 6) is 1.48. The molecule has 19 heavy (non-hydrogen) atoms. The molecule has 1 aromatic carbocycles. The fraction of sp³-hybridized carbons (Fsp3) is 0.286. The van der Waals surface area contributed by atoms with Crippen LogP contribution in [0.4, 0.5) is 5.69 Å². The molecule has 5 heteroatoms. The normalized spacial score (nSPS) is 10.3. The van der Waals surface area contributed by atoms with Gasteiger partial charge in [0.1, 0.15) is 23.5 Å². The molecular formula is C14H17N3O2. The van der Waals surface area contributed by atoms with Gasteiger partial charge in [0.2, 0.25) is 0 Å². The molecule has 1 aromatic heterocycles. The number of rotatable bonds is 3. The van der Waals surface area contributed by atoms with Crippen LogP contribution < -0.4 is 15.2 Å². The smallest absolute Gasteiger partial charge is 0.134 e.